The molecule has 0 aromatic heterocycles. The van der Waals surface area contributed by atoms with E-state index < -0.39 is 5.79 Å². The van der Waals surface area contributed by atoms with E-state index in [4.69, 9.17) is 14.2 Å². The third-order valence-corrected chi connectivity index (χ3v) is 5.38. The topological polar surface area (TPSA) is 48.0 Å². The summed E-state index contributed by atoms with van der Waals surface area (Å²) in [5.41, 5.74) is 5.05. The van der Waals surface area contributed by atoms with Crippen LogP contribution in [0.2, 0.25) is 0 Å². The highest BCUT2D eigenvalue weighted by molar-refractivity contribution is 6.06. The zero-order valence-corrected chi connectivity index (χ0v) is 17.0. The number of aryl methyl sites for hydroxylation is 2. The van der Waals surface area contributed by atoms with Gasteiger partial charge in [0.05, 0.1) is 25.4 Å². The minimum Gasteiger partial charge on any atom is -0.491 e. The first kappa shape index (κ1) is 19.0. The van der Waals surface area contributed by atoms with Crippen LogP contribution in [0.3, 0.4) is 0 Å². The van der Waals surface area contributed by atoms with Crippen LogP contribution >= 0.6 is 0 Å². The minimum absolute atomic E-state index is 0.164. The average Bonchev–Trinajstić information content (AvgIpc) is 3.23. The standard InChI is InChI=1S/C23H27NO4/c1-15(2)18-7-5-17(4)14-21(18)26-10-9-24-20-8-6-16(3)13-19(20)23(22(24)25)27-11-12-28-23/h5-8,13-15H,9-12H2,1-4H3. The first-order valence-electron chi connectivity index (χ1n) is 9.87. The minimum atomic E-state index is -1.28. The molecule has 2 aliphatic heterocycles. The monoisotopic (exact) mass is 381 g/mol. The van der Waals surface area contributed by atoms with Crippen molar-refractivity contribution >= 4 is 11.6 Å². The van der Waals surface area contributed by atoms with Crippen LogP contribution in [-0.4, -0.2) is 32.3 Å². The molecule has 2 aromatic rings. The summed E-state index contributed by atoms with van der Waals surface area (Å²) in [4.78, 5) is 14.9. The molecule has 1 saturated heterocycles. The summed E-state index contributed by atoms with van der Waals surface area (Å²) in [6.45, 7) is 10.0. The largest absolute Gasteiger partial charge is 0.491 e. The highest BCUT2D eigenvalue weighted by Gasteiger charge is 2.55. The molecule has 0 radical (unpaired) electrons. The van der Waals surface area contributed by atoms with E-state index in [0.717, 1.165) is 28.1 Å². The molecule has 4 rings (SSSR count). The molecule has 148 valence electrons. The van der Waals surface area contributed by atoms with Crippen LogP contribution in [0.1, 0.15) is 42.0 Å². The highest BCUT2D eigenvalue weighted by atomic mass is 16.7. The van der Waals surface area contributed by atoms with Gasteiger partial charge in [-0.25, -0.2) is 0 Å². The molecule has 2 heterocycles. The highest BCUT2D eigenvalue weighted by Crippen LogP contribution is 2.45. The third-order valence-electron chi connectivity index (χ3n) is 5.38. The third kappa shape index (κ3) is 3.09. The van der Waals surface area contributed by atoms with Crippen molar-refractivity contribution in [2.45, 2.75) is 39.4 Å². The molecule has 0 saturated carbocycles. The maximum atomic E-state index is 13.2. The molecule has 5 heteroatoms. The lowest BCUT2D eigenvalue weighted by molar-refractivity contribution is -0.180. The summed E-state index contributed by atoms with van der Waals surface area (Å²) in [6, 6.07) is 12.2. The average molecular weight is 381 g/mol. The Balaban J connectivity index is 1.55. The van der Waals surface area contributed by atoms with Crippen molar-refractivity contribution in [2.24, 2.45) is 0 Å². The van der Waals surface area contributed by atoms with Crippen LogP contribution in [0.4, 0.5) is 5.69 Å². The summed E-state index contributed by atoms with van der Waals surface area (Å²) in [5, 5.41) is 0. The molecule has 1 spiro atoms. The van der Waals surface area contributed by atoms with Crippen molar-refractivity contribution in [2.75, 3.05) is 31.3 Å². The van der Waals surface area contributed by atoms with E-state index in [9.17, 15) is 4.79 Å². The molecule has 0 aliphatic carbocycles. The van der Waals surface area contributed by atoms with Crippen LogP contribution in [-0.2, 0) is 20.1 Å². The molecule has 1 fully saturated rings. The summed E-state index contributed by atoms with van der Waals surface area (Å²) in [7, 11) is 0. The molecule has 28 heavy (non-hydrogen) atoms. The number of nitrogens with zero attached hydrogens (tertiary/aromatic N) is 1. The molecule has 2 aliphatic rings. The van der Waals surface area contributed by atoms with Crippen LogP contribution in [0.15, 0.2) is 36.4 Å². The van der Waals surface area contributed by atoms with E-state index >= 15 is 0 Å². The van der Waals surface area contributed by atoms with Gasteiger partial charge >= 0.3 is 0 Å². The zero-order valence-electron chi connectivity index (χ0n) is 17.0. The maximum Gasteiger partial charge on any atom is 0.292 e. The Morgan fingerprint density at radius 2 is 1.75 bits per heavy atom. The van der Waals surface area contributed by atoms with E-state index in [1.165, 1.54) is 5.56 Å². The molecule has 1 amide bonds. The molecule has 0 atom stereocenters. The van der Waals surface area contributed by atoms with Gasteiger partial charge in [-0.05, 0) is 49.1 Å². The summed E-state index contributed by atoms with van der Waals surface area (Å²) < 4.78 is 17.7. The Bertz CT molecular complexity index is 899. The van der Waals surface area contributed by atoms with Crippen LogP contribution < -0.4 is 9.64 Å². The fourth-order valence-corrected chi connectivity index (χ4v) is 3.96. The molecule has 0 N–H and O–H groups in total. The first-order chi connectivity index (χ1) is 13.4. The lowest BCUT2D eigenvalue weighted by atomic mass is 10.0. The number of hydrogen-bond acceptors (Lipinski definition) is 4. The van der Waals surface area contributed by atoms with Crippen molar-refractivity contribution in [1.29, 1.82) is 0 Å². The van der Waals surface area contributed by atoms with E-state index in [2.05, 4.69) is 39.0 Å². The summed E-state index contributed by atoms with van der Waals surface area (Å²) in [5.74, 6) is -0.194. The SMILES string of the molecule is Cc1ccc(C(C)C)c(OCCN2C(=O)C3(OCCO3)c3cc(C)ccc32)c1. The Hall–Kier alpha value is -2.37. The second kappa shape index (κ2) is 7.22. The lowest BCUT2D eigenvalue weighted by Crippen LogP contribution is -2.42. The predicted molar refractivity (Wildman–Crippen MR) is 108 cm³/mol. The van der Waals surface area contributed by atoms with Gasteiger partial charge in [-0.15, -0.1) is 0 Å². The van der Waals surface area contributed by atoms with E-state index in [1.54, 1.807) is 4.90 Å². The molecule has 2 aromatic carbocycles. The molecular weight excluding hydrogens is 354 g/mol. The molecule has 5 nitrogen and oxygen atoms in total. The number of carbonyl (C=O) groups is 1. The number of anilines is 1. The number of ether oxygens (including phenoxy) is 3. The number of benzene rings is 2. The zero-order chi connectivity index (χ0) is 19.9. The summed E-state index contributed by atoms with van der Waals surface area (Å²) in [6.07, 6.45) is 0. The van der Waals surface area contributed by atoms with Crippen LogP contribution in [0, 0.1) is 13.8 Å². The Labute approximate surface area is 166 Å². The van der Waals surface area contributed by atoms with E-state index in [0.29, 0.717) is 32.3 Å². The maximum absolute atomic E-state index is 13.2. The second-order valence-electron chi connectivity index (χ2n) is 7.84. The Morgan fingerprint density at radius 3 is 2.46 bits per heavy atom. The Morgan fingerprint density at radius 1 is 1.07 bits per heavy atom. The van der Waals surface area contributed by atoms with Gasteiger partial charge in [-0.1, -0.05) is 37.6 Å². The van der Waals surface area contributed by atoms with Gasteiger partial charge in [-0.3, -0.25) is 4.79 Å². The van der Waals surface area contributed by atoms with Gasteiger partial charge in [0.2, 0.25) is 0 Å². The fourth-order valence-electron chi connectivity index (χ4n) is 3.96. The van der Waals surface area contributed by atoms with Gasteiger partial charge in [0.25, 0.3) is 11.7 Å². The van der Waals surface area contributed by atoms with Crippen molar-refractivity contribution in [3.8, 4) is 5.75 Å². The second-order valence-corrected chi connectivity index (χ2v) is 7.84. The lowest BCUT2D eigenvalue weighted by Gasteiger charge is -2.22. The number of amides is 1. The van der Waals surface area contributed by atoms with Gasteiger partial charge < -0.3 is 19.1 Å². The Kier molecular flexibility index (Phi) is 4.89. The van der Waals surface area contributed by atoms with E-state index in [-0.39, 0.29) is 5.91 Å². The normalized spacial score (nSPS) is 17.6. The van der Waals surface area contributed by atoms with Gasteiger partial charge in [0.15, 0.2) is 0 Å². The number of fused-ring (bicyclic) bond motifs is 2. The van der Waals surface area contributed by atoms with Gasteiger partial charge in [-0.2, -0.15) is 0 Å². The number of hydrogen-bond donors (Lipinski definition) is 0. The van der Waals surface area contributed by atoms with Crippen LogP contribution in [0.5, 0.6) is 5.75 Å². The van der Waals surface area contributed by atoms with Crippen molar-refractivity contribution in [1.82, 2.24) is 0 Å². The fraction of sp³-hybridized carbons (Fsp3) is 0.435. The van der Waals surface area contributed by atoms with Crippen LogP contribution in [0.25, 0.3) is 0 Å². The van der Waals surface area contributed by atoms with Gasteiger partial charge in [0.1, 0.15) is 12.4 Å². The predicted octanol–water partition coefficient (Wildman–Crippen LogP) is 4.05. The van der Waals surface area contributed by atoms with Crippen molar-refractivity contribution in [3.63, 3.8) is 0 Å². The van der Waals surface area contributed by atoms with E-state index in [1.807, 2.05) is 25.1 Å². The van der Waals surface area contributed by atoms with Gasteiger partial charge in [0, 0.05) is 5.56 Å². The molecule has 0 unspecified atom stereocenters. The van der Waals surface area contributed by atoms with Crippen molar-refractivity contribution < 1.29 is 19.0 Å². The first-order valence-corrected chi connectivity index (χ1v) is 9.87. The molecular formula is C23H27NO4. The van der Waals surface area contributed by atoms with Crippen molar-refractivity contribution in [3.05, 3.63) is 58.7 Å². The summed E-state index contributed by atoms with van der Waals surface area (Å²) >= 11 is 0. The quantitative estimate of drug-likeness (QED) is 0.784. The number of carbonyl (C=O) groups excluding carboxylic acids is 1. The number of rotatable bonds is 5. The molecule has 0 bridgehead atoms. The smallest absolute Gasteiger partial charge is 0.292 e.